The summed E-state index contributed by atoms with van der Waals surface area (Å²) in [5.74, 6) is 1.58. The van der Waals surface area contributed by atoms with Crippen LogP contribution in [0.4, 0.5) is 0 Å². The molecule has 106 valence electrons. The molecule has 0 aliphatic carbocycles. The highest BCUT2D eigenvalue weighted by molar-refractivity contribution is 7.14. The van der Waals surface area contributed by atoms with Gasteiger partial charge in [0.05, 0.1) is 6.04 Å². The maximum atomic E-state index is 5.60. The molecule has 0 amide bonds. The molecule has 2 aromatic rings. The third kappa shape index (κ3) is 2.48. The van der Waals surface area contributed by atoms with Gasteiger partial charge in [0.15, 0.2) is 11.5 Å². The number of nitrogens with zero attached hydrogens (tertiary/aromatic N) is 2. The molecule has 1 atom stereocenters. The van der Waals surface area contributed by atoms with Crippen molar-refractivity contribution in [2.75, 3.05) is 20.3 Å². The Labute approximate surface area is 121 Å². The van der Waals surface area contributed by atoms with Gasteiger partial charge in [-0.25, -0.2) is 0 Å². The Morgan fingerprint density at radius 1 is 1.25 bits per heavy atom. The molecule has 20 heavy (non-hydrogen) atoms. The van der Waals surface area contributed by atoms with E-state index in [9.17, 15) is 0 Å². The topological polar surface area (TPSA) is 56.3 Å². The zero-order chi connectivity index (χ0) is 13.9. The van der Waals surface area contributed by atoms with Gasteiger partial charge in [-0.15, -0.1) is 10.2 Å². The summed E-state index contributed by atoms with van der Waals surface area (Å²) in [6, 6.07) is 6.16. The first kappa shape index (κ1) is 13.3. The predicted octanol–water partition coefficient (Wildman–Crippen LogP) is 2.65. The van der Waals surface area contributed by atoms with Crippen LogP contribution in [0.15, 0.2) is 18.2 Å². The maximum Gasteiger partial charge on any atom is 0.162 e. The summed E-state index contributed by atoms with van der Waals surface area (Å²) in [6.45, 7) is 3.33. The first-order chi connectivity index (χ1) is 9.81. The van der Waals surface area contributed by atoms with Gasteiger partial charge < -0.3 is 14.8 Å². The van der Waals surface area contributed by atoms with Crippen LogP contribution in [-0.2, 0) is 0 Å². The number of aromatic nitrogens is 2. The smallest absolute Gasteiger partial charge is 0.162 e. The summed E-state index contributed by atoms with van der Waals surface area (Å²) >= 11 is 1.61. The van der Waals surface area contributed by atoms with Crippen LogP contribution in [0.1, 0.15) is 24.4 Å². The number of hydrogen-bond acceptors (Lipinski definition) is 6. The van der Waals surface area contributed by atoms with Gasteiger partial charge in [-0.2, -0.15) is 0 Å². The highest BCUT2D eigenvalue weighted by Crippen LogP contribution is 2.36. The van der Waals surface area contributed by atoms with Crippen molar-refractivity contribution in [1.82, 2.24) is 15.5 Å². The van der Waals surface area contributed by atoms with E-state index >= 15 is 0 Å². The van der Waals surface area contributed by atoms with Crippen LogP contribution in [0.2, 0.25) is 0 Å². The van der Waals surface area contributed by atoms with Crippen molar-refractivity contribution in [3.8, 4) is 22.1 Å². The van der Waals surface area contributed by atoms with Gasteiger partial charge in [0.25, 0.3) is 0 Å². The Hall–Kier alpha value is -1.66. The highest BCUT2D eigenvalue weighted by Gasteiger charge is 2.17. The molecule has 0 radical (unpaired) electrons. The van der Waals surface area contributed by atoms with Crippen LogP contribution in [-0.4, -0.2) is 30.5 Å². The van der Waals surface area contributed by atoms with Crippen molar-refractivity contribution in [1.29, 1.82) is 0 Å². The van der Waals surface area contributed by atoms with E-state index < -0.39 is 0 Å². The second kappa shape index (κ2) is 5.76. The van der Waals surface area contributed by atoms with Crippen molar-refractivity contribution >= 4 is 11.3 Å². The lowest BCUT2D eigenvalue weighted by atomic mass is 10.2. The lowest BCUT2D eigenvalue weighted by Gasteiger charge is -2.18. The van der Waals surface area contributed by atoms with Gasteiger partial charge in [0.2, 0.25) is 0 Å². The molecule has 1 aromatic carbocycles. The average Bonchev–Trinajstić information content (AvgIpc) is 2.98. The molecule has 6 heteroatoms. The number of rotatable bonds is 4. The van der Waals surface area contributed by atoms with E-state index in [0.29, 0.717) is 13.2 Å². The van der Waals surface area contributed by atoms with Crippen molar-refractivity contribution in [2.45, 2.75) is 19.4 Å². The minimum Gasteiger partial charge on any atom is -0.486 e. The van der Waals surface area contributed by atoms with Crippen LogP contribution in [0.3, 0.4) is 0 Å². The fourth-order valence-corrected chi connectivity index (χ4v) is 3.20. The second-order valence-corrected chi connectivity index (χ2v) is 5.56. The fourth-order valence-electron chi connectivity index (χ4n) is 2.17. The van der Waals surface area contributed by atoms with E-state index in [4.69, 9.17) is 9.47 Å². The van der Waals surface area contributed by atoms with E-state index in [2.05, 4.69) is 22.4 Å². The fraction of sp³-hybridized carbons (Fsp3) is 0.429. The van der Waals surface area contributed by atoms with Crippen LogP contribution in [0.25, 0.3) is 10.6 Å². The molecule has 0 spiro atoms. The van der Waals surface area contributed by atoms with Crippen molar-refractivity contribution < 1.29 is 9.47 Å². The summed E-state index contributed by atoms with van der Waals surface area (Å²) < 4.78 is 11.1. The van der Waals surface area contributed by atoms with E-state index in [1.807, 2.05) is 25.2 Å². The van der Waals surface area contributed by atoms with Gasteiger partial charge in [-0.05, 0) is 31.7 Å². The molecule has 5 nitrogen and oxygen atoms in total. The Morgan fingerprint density at radius 2 is 2.05 bits per heavy atom. The van der Waals surface area contributed by atoms with Gasteiger partial charge in [-0.1, -0.05) is 18.3 Å². The summed E-state index contributed by atoms with van der Waals surface area (Å²) in [6.07, 6.45) is 0.992. The van der Waals surface area contributed by atoms with Gasteiger partial charge >= 0.3 is 0 Å². The molecule has 1 aromatic heterocycles. The summed E-state index contributed by atoms with van der Waals surface area (Å²) in [7, 11) is 1.94. The number of ether oxygens (including phenoxy) is 2. The SMILES string of the molecule is CCC(NC)c1nnc(-c2ccc3c(c2)OCCO3)s1. The minimum atomic E-state index is 0.262. The van der Waals surface area contributed by atoms with Gasteiger partial charge in [0, 0.05) is 5.56 Å². The Kier molecular flexibility index (Phi) is 3.84. The van der Waals surface area contributed by atoms with E-state index in [1.165, 1.54) is 0 Å². The van der Waals surface area contributed by atoms with Crippen molar-refractivity contribution in [3.63, 3.8) is 0 Å². The van der Waals surface area contributed by atoms with Crippen LogP contribution in [0, 0.1) is 0 Å². The molecular weight excluding hydrogens is 274 g/mol. The lowest BCUT2D eigenvalue weighted by Crippen LogP contribution is -2.15. The third-order valence-electron chi connectivity index (χ3n) is 3.28. The van der Waals surface area contributed by atoms with E-state index in [0.717, 1.165) is 33.5 Å². The maximum absolute atomic E-state index is 5.60. The number of hydrogen-bond donors (Lipinski definition) is 1. The average molecular weight is 291 g/mol. The first-order valence-corrected chi connectivity index (χ1v) is 7.54. The molecule has 0 saturated heterocycles. The molecule has 0 bridgehead atoms. The first-order valence-electron chi connectivity index (χ1n) is 6.72. The molecular formula is C14H17N3O2S. The summed E-state index contributed by atoms with van der Waals surface area (Å²) in [5, 5.41) is 13.7. The Morgan fingerprint density at radius 3 is 2.80 bits per heavy atom. The standard InChI is InChI=1S/C14H17N3O2S/c1-3-10(15-2)14-17-16-13(20-14)9-4-5-11-12(8-9)19-7-6-18-11/h4-5,8,10,15H,3,6-7H2,1-2H3. The minimum absolute atomic E-state index is 0.262. The number of fused-ring (bicyclic) bond motifs is 1. The second-order valence-electron chi connectivity index (χ2n) is 4.55. The third-order valence-corrected chi connectivity index (χ3v) is 4.37. The largest absolute Gasteiger partial charge is 0.486 e. The van der Waals surface area contributed by atoms with Crippen molar-refractivity contribution in [3.05, 3.63) is 23.2 Å². The number of benzene rings is 1. The van der Waals surface area contributed by atoms with Crippen molar-refractivity contribution in [2.24, 2.45) is 0 Å². The van der Waals surface area contributed by atoms with Gasteiger partial charge in [-0.3, -0.25) is 0 Å². The lowest BCUT2D eigenvalue weighted by molar-refractivity contribution is 0.171. The van der Waals surface area contributed by atoms with E-state index in [1.54, 1.807) is 11.3 Å². The molecule has 1 aliphatic rings. The molecule has 2 heterocycles. The molecule has 1 N–H and O–H groups in total. The summed E-state index contributed by atoms with van der Waals surface area (Å²) in [4.78, 5) is 0. The van der Waals surface area contributed by atoms with E-state index in [-0.39, 0.29) is 6.04 Å². The zero-order valence-corrected chi connectivity index (χ0v) is 12.4. The van der Waals surface area contributed by atoms with Gasteiger partial charge in [0.1, 0.15) is 23.2 Å². The molecule has 1 aliphatic heterocycles. The molecule has 0 fully saturated rings. The molecule has 0 saturated carbocycles. The quantitative estimate of drug-likeness (QED) is 0.938. The Balaban J connectivity index is 1.89. The zero-order valence-electron chi connectivity index (χ0n) is 11.5. The van der Waals surface area contributed by atoms with Crippen LogP contribution < -0.4 is 14.8 Å². The predicted molar refractivity (Wildman–Crippen MR) is 78.4 cm³/mol. The normalized spacial score (nSPS) is 15.1. The Bertz CT molecular complexity index is 596. The number of nitrogens with one attached hydrogen (secondary N) is 1. The van der Waals surface area contributed by atoms with Crippen LogP contribution >= 0.6 is 11.3 Å². The molecule has 3 rings (SSSR count). The highest BCUT2D eigenvalue weighted by atomic mass is 32.1. The molecule has 1 unspecified atom stereocenters. The summed E-state index contributed by atoms with van der Waals surface area (Å²) in [5.41, 5.74) is 1.02. The monoisotopic (exact) mass is 291 g/mol. The van der Waals surface area contributed by atoms with Crippen LogP contribution in [0.5, 0.6) is 11.5 Å².